The number of carbonyl (C=O) groups is 1. The number of halogens is 1. The molecule has 0 saturated carbocycles. The van der Waals surface area contributed by atoms with Crippen LogP contribution >= 0.6 is 11.8 Å². The van der Waals surface area contributed by atoms with Gasteiger partial charge < -0.3 is 5.32 Å². The van der Waals surface area contributed by atoms with Gasteiger partial charge in [-0.3, -0.25) is 4.79 Å². The number of anilines is 1. The molecule has 0 amide bonds. The minimum atomic E-state index is -0.252. The molecule has 1 aliphatic heterocycles. The molecule has 3 aromatic rings. The quantitative estimate of drug-likeness (QED) is 0.538. The molecule has 0 aliphatic carbocycles. The highest BCUT2D eigenvalue weighted by molar-refractivity contribution is 8.03. The Morgan fingerprint density at radius 3 is 2.19 bits per heavy atom. The van der Waals surface area contributed by atoms with E-state index in [9.17, 15) is 9.18 Å². The van der Waals surface area contributed by atoms with Crippen LogP contribution in [0.3, 0.4) is 0 Å². The van der Waals surface area contributed by atoms with Crippen LogP contribution < -0.4 is 5.32 Å². The van der Waals surface area contributed by atoms with E-state index >= 15 is 0 Å². The number of rotatable bonds is 5. The Morgan fingerprint density at radius 2 is 1.52 bits per heavy atom. The smallest absolute Gasteiger partial charge is 0.191 e. The van der Waals surface area contributed by atoms with Crippen molar-refractivity contribution in [2.45, 2.75) is 11.7 Å². The summed E-state index contributed by atoms with van der Waals surface area (Å²) in [5.74, 6) is -0.218. The largest absolute Gasteiger partial charge is 0.350 e. The number of nitrogens with one attached hydrogen (secondary N) is 1. The van der Waals surface area contributed by atoms with Crippen LogP contribution in [0.25, 0.3) is 0 Å². The van der Waals surface area contributed by atoms with Gasteiger partial charge in [0.15, 0.2) is 5.78 Å². The highest BCUT2D eigenvalue weighted by Gasteiger charge is 2.31. The van der Waals surface area contributed by atoms with Gasteiger partial charge in [-0.2, -0.15) is 0 Å². The lowest BCUT2D eigenvalue weighted by molar-refractivity contribution is 0.103. The molecule has 2 nitrogen and oxygen atoms in total. The van der Waals surface area contributed by atoms with E-state index in [1.165, 1.54) is 12.1 Å². The third kappa shape index (κ3) is 3.96. The fourth-order valence-corrected chi connectivity index (χ4v) is 4.44. The van der Waals surface area contributed by atoms with Crippen LogP contribution in [0.1, 0.15) is 27.6 Å². The van der Waals surface area contributed by atoms with Crippen molar-refractivity contribution in [2.75, 3.05) is 5.32 Å². The van der Waals surface area contributed by atoms with Crippen LogP contribution in [0, 0.1) is 5.82 Å². The highest BCUT2D eigenvalue weighted by Crippen LogP contribution is 2.48. The van der Waals surface area contributed by atoms with Gasteiger partial charge in [-0.1, -0.05) is 72.4 Å². The van der Waals surface area contributed by atoms with Gasteiger partial charge >= 0.3 is 0 Å². The number of ketones is 1. The lowest BCUT2D eigenvalue weighted by Gasteiger charge is -2.11. The summed E-state index contributed by atoms with van der Waals surface area (Å²) in [6, 6.07) is 25.7. The van der Waals surface area contributed by atoms with Crippen molar-refractivity contribution >= 4 is 23.2 Å². The van der Waals surface area contributed by atoms with Crippen LogP contribution in [-0.2, 0) is 0 Å². The van der Waals surface area contributed by atoms with Crippen molar-refractivity contribution in [2.24, 2.45) is 0 Å². The van der Waals surface area contributed by atoms with Crippen molar-refractivity contribution in [1.82, 2.24) is 0 Å². The summed E-state index contributed by atoms with van der Waals surface area (Å²) in [6.07, 6.45) is 0.610. The zero-order chi connectivity index (χ0) is 18.6. The average molecular weight is 375 g/mol. The third-order valence-electron chi connectivity index (χ3n) is 4.51. The van der Waals surface area contributed by atoms with E-state index in [1.807, 2.05) is 60.7 Å². The zero-order valence-electron chi connectivity index (χ0n) is 14.6. The predicted molar refractivity (Wildman–Crippen MR) is 109 cm³/mol. The molecular weight excluding hydrogens is 357 g/mol. The molecule has 4 rings (SSSR count). The number of para-hydroxylation sites is 1. The van der Waals surface area contributed by atoms with Gasteiger partial charge in [-0.15, -0.1) is 0 Å². The van der Waals surface area contributed by atoms with Crippen molar-refractivity contribution in [1.29, 1.82) is 0 Å². The number of hydrogen-bond acceptors (Lipinski definition) is 3. The first-order chi connectivity index (χ1) is 13.2. The van der Waals surface area contributed by atoms with Crippen LogP contribution in [0.2, 0.25) is 0 Å². The lowest BCUT2D eigenvalue weighted by atomic mass is 9.98. The molecule has 0 radical (unpaired) electrons. The standard InChI is InChI=1S/C23H18FNOS/c24-18-13-11-16(12-14-18)21-15-20(22(26)17-7-3-1-4-8-17)23(27-21)25-19-9-5-2-6-10-19/h1-14,21,25H,15H2. The molecule has 1 N–H and O–H groups in total. The Bertz CT molecular complexity index is 968. The van der Waals surface area contributed by atoms with Crippen molar-refractivity contribution in [3.63, 3.8) is 0 Å². The normalized spacial score (nSPS) is 16.4. The Kier molecular flexibility index (Phi) is 5.07. The lowest BCUT2D eigenvalue weighted by Crippen LogP contribution is -2.07. The van der Waals surface area contributed by atoms with Crippen LogP contribution in [0.4, 0.5) is 10.1 Å². The van der Waals surface area contributed by atoms with E-state index in [-0.39, 0.29) is 16.9 Å². The highest BCUT2D eigenvalue weighted by atomic mass is 32.2. The molecule has 1 aliphatic rings. The summed E-state index contributed by atoms with van der Waals surface area (Å²) in [7, 11) is 0. The second-order valence-corrected chi connectivity index (χ2v) is 7.57. The van der Waals surface area contributed by atoms with Gasteiger partial charge in [0.1, 0.15) is 5.82 Å². The molecule has 4 heteroatoms. The molecule has 0 bridgehead atoms. The van der Waals surface area contributed by atoms with E-state index in [1.54, 1.807) is 23.9 Å². The van der Waals surface area contributed by atoms with Crippen molar-refractivity contribution in [3.05, 3.63) is 112 Å². The number of allylic oxidation sites excluding steroid dienone is 1. The fraction of sp³-hybridized carbons (Fsp3) is 0.0870. The number of hydrogen-bond donors (Lipinski definition) is 1. The fourth-order valence-electron chi connectivity index (χ4n) is 3.11. The van der Waals surface area contributed by atoms with Crippen LogP contribution in [-0.4, -0.2) is 5.78 Å². The molecule has 27 heavy (non-hydrogen) atoms. The van der Waals surface area contributed by atoms with Gasteiger partial charge in [-0.05, 0) is 36.2 Å². The first-order valence-corrected chi connectivity index (χ1v) is 9.66. The van der Waals surface area contributed by atoms with Gasteiger partial charge in [0, 0.05) is 22.1 Å². The maximum absolute atomic E-state index is 13.3. The Labute approximate surface area is 162 Å². The summed E-state index contributed by atoms with van der Waals surface area (Å²) in [5, 5.41) is 4.35. The topological polar surface area (TPSA) is 29.1 Å². The van der Waals surface area contributed by atoms with Gasteiger partial charge in [0.2, 0.25) is 0 Å². The maximum atomic E-state index is 13.3. The minimum absolute atomic E-state index is 0.0335. The molecule has 0 saturated heterocycles. The second kappa shape index (κ2) is 7.80. The molecular formula is C23H18FNOS. The molecule has 0 spiro atoms. The Hall–Kier alpha value is -2.85. The first-order valence-electron chi connectivity index (χ1n) is 8.78. The van der Waals surface area contributed by atoms with E-state index in [0.717, 1.165) is 21.9 Å². The SMILES string of the molecule is O=C(C1=C(Nc2ccccc2)SC(c2ccc(F)cc2)C1)c1ccccc1. The molecule has 1 unspecified atom stereocenters. The molecule has 0 fully saturated rings. The summed E-state index contributed by atoms with van der Waals surface area (Å²) in [6.45, 7) is 0. The van der Waals surface area contributed by atoms with E-state index in [0.29, 0.717) is 12.0 Å². The summed E-state index contributed by atoms with van der Waals surface area (Å²) in [4.78, 5) is 13.1. The maximum Gasteiger partial charge on any atom is 0.191 e. The van der Waals surface area contributed by atoms with Gasteiger partial charge in [-0.25, -0.2) is 4.39 Å². The van der Waals surface area contributed by atoms with E-state index < -0.39 is 0 Å². The first kappa shape index (κ1) is 17.6. The summed E-state index contributed by atoms with van der Waals surface area (Å²) >= 11 is 1.62. The molecule has 3 aromatic carbocycles. The van der Waals surface area contributed by atoms with Gasteiger partial charge in [0.05, 0.1) is 5.03 Å². The molecule has 1 atom stereocenters. The monoisotopic (exact) mass is 375 g/mol. The second-order valence-electron chi connectivity index (χ2n) is 6.36. The van der Waals surface area contributed by atoms with Gasteiger partial charge in [0.25, 0.3) is 0 Å². The average Bonchev–Trinajstić information content (AvgIpc) is 3.13. The number of thioether (sulfide) groups is 1. The molecule has 0 aromatic heterocycles. The Balaban J connectivity index is 1.66. The number of Topliss-reactive ketones (excluding diaryl/α,β-unsaturated/α-hetero) is 1. The third-order valence-corrected chi connectivity index (χ3v) is 5.81. The van der Waals surface area contributed by atoms with Crippen LogP contribution in [0.5, 0.6) is 0 Å². The summed E-state index contributed by atoms with van der Waals surface area (Å²) < 4.78 is 13.3. The van der Waals surface area contributed by atoms with Crippen molar-refractivity contribution < 1.29 is 9.18 Å². The predicted octanol–water partition coefficient (Wildman–Crippen LogP) is 6.21. The number of carbonyl (C=O) groups excluding carboxylic acids is 1. The Morgan fingerprint density at radius 1 is 0.889 bits per heavy atom. The minimum Gasteiger partial charge on any atom is -0.350 e. The van der Waals surface area contributed by atoms with Crippen molar-refractivity contribution in [3.8, 4) is 0 Å². The van der Waals surface area contributed by atoms with E-state index in [4.69, 9.17) is 0 Å². The van der Waals surface area contributed by atoms with E-state index in [2.05, 4.69) is 5.32 Å². The van der Waals surface area contributed by atoms with Crippen LogP contribution in [0.15, 0.2) is 95.5 Å². The molecule has 1 heterocycles. The zero-order valence-corrected chi connectivity index (χ0v) is 15.4. The molecule has 134 valence electrons. The summed E-state index contributed by atoms with van der Waals surface area (Å²) in [5.41, 5.74) is 3.41. The number of benzene rings is 3.